The lowest BCUT2D eigenvalue weighted by Crippen LogP contribution is -2.31. The average molecular weight is 390 g/mol. The third-order valence-electron chi connectivity index (χ3n) is 4.72. The van der Waals surface area contributed by atoms with Crippen LogP contribution in [0.2, 0.25) is 10.0 Å². The fourth-order valence-electron chi connectivity index (χ4n) is 3.51. The lowest BCUT2D eigenvalue weighted by Gasteiger charge is -2.32. The summed E-state index contributed by atoms with van der Waals surface area (Å²) in [5.41, 5.74) is 2.64. The maximum Gasteiger partial charge on any atom is 0.255 e. The van der Waals surface area contributed by atoms with Crippen LogP contribution in [-0.2, 0) is 0 Å². The van der Waals surface area contributed by atoms with E-state index in [1.54, 1.807) is 6.07 Å². The number of nitrogens with zero attached hydrogens (tertiary/aromatic N) is 1. The molecule has 0 aromatic heterocycles. The molecule has 2 aromatic carbocycles. The number of hydrogen-bond acceptors (Lipinski definition) is 2. The molecule has 0 N–H and O–H groups in total. The molecule has 0 saturated heterocycles. The van der Waals surface area contributed by atoms with Gasteiger partial charge in [-0.2, -0.15) is 0 Å². The first-order valence-corrected chi connectivity index (χ1v) is 9.38. The molecule has 3 rings (SSSR count). The van der Waals surface area contributed by atoms with Crippen molar-refractivity contribution in [1.82, 2.24) is 4.90 Å². The van der Waals surface area contributed by atoms with Crippen LogP contribution in [0.5, 0.6) is 5.75 Å². The zero-order valence-corrected chi connectivity index (χ0v) is 16.3. The van der Waals surface area contributed by atoms with Crippen molar-refractivity contribution in [3.8, 4) is 5.75 Å². The van der Waals surface area contributed by atoms with Gasteiger partial charge in [-0.05, 0) is 55.7 Å². The molecule has 3 nitrogen and oxygen atoms in total. The third-order valence-corrected chi connectivity index (χ3v) is 5.46. The molecule has 1 heterocycles. The van der Waals surface area contributed by atoms with E-state index in [0.717, 1.165) is 11.1 Å². The van der Waals surface area contributed by atoms with E-state index in [4.69, 9.17) is 27.9 Å². The highest BCUT2D eigenvalue weighted by molar-refractivity contribution is 6.42. The van der Waals surface area contributed by atoms with Gasteiger partial charge in [0.1, 0.15) is 5.75 Å². The predicted octanol–water partition coefficient (Wildman–Crippen LogP) is 6.23. The van der Waals surface area contributed by atoms with E-state index < -0.39 is 0 Å². The van der Waals surface area contributed by atoms with Crippen LogP contribution < -0.4 is 4.74 Å². The van der Waals surface area contributed by atoms with Gasteiger partial charge in [-0.15, -0.1) is 6.58 Å². The molecule has 1 amide bonds. The van der Waals surface area contributed by atoms with E-state index in [1.165, 1.54) is 0 Å². The van der Waals surface area contributed by atoms with Crippen molar-refractivity contribution in [2.75, 3.05) is 6.61 Å². The van der Waals surface area contributed by atoms with Crippen LogP contribution in [0, 0.1) is 0 Å². The van der Waals surface area contributed by atoms with Gasteiger partial charge in [0.05, 0.1) is 28.7 Å². The second-order valence-electron chi connectivity index (χ2n) is 6.28. The summed E-state index contributed by atoms with van der Waals surface area (Å²) in [5, 5.41) is 0.979. The van der Waals surface area contributed by atoms with Crippen molar-refractivity contribution < 1.29 is 9.53 Å². The number of fused-ring (bicyclic) bond motifs is 1. The number of hydrogen-bond donors (Lipinski definition) is 0. The van der Waals surface area contributed by atoms with Gasteiger partial charge in [-0.25, -0.2) is 0 Å². The number of amides is 1. The average Bonchev–Trinajstić information content (AvgIpc) is 2.86. The topological polar surface area (TPSA) is 29.5 Å². The lowest BCUT2D eigenvalue weighted by atomic mass is 10.0. The zero-order chi connectivity index (χ0) is 18.8. The molecule has 136 valence electrons. The Morgan fingerprint density at radius 2 is 2.00 bits per heavy atom. The molecule has 2 atom stereocenters. The standard InChI is InChI=1S/C21H21Cl2NO2/c1-4-6-20(14-7-10-18(22)19(23)11-14)24-13(3)16-9-8-15(26-5-2)12-17(16)21(24)25/h4,7-13,20H,1,5-6H2,2-3H3. The van der Waals surface area contributed by atoms with Crippen LogP contribution in [0.3, 0.4) is 0 Å². The van der Waals surface area contributed by atoms with Gasteiger partial charge >= 0.3 is 0 Å². The summed E-state index contributed by atoms with van der Waals surface area (Å²) in [6.45, 7) is 8.39. The van der Waals surface area contributed by atoms with Crippen LogP contribution in [0.25, 0.3) is 0 Å². The fraction of sp³-hybridized carbons (Fsp3) is 0.286. The first-order chi connectivity index (χ1) is 12.5. The summed E-state index contributed by atoms with van der Waals surface area (Å²) < 4.78 is 5.55. The van der Waals surface area contributed by atoms with E-state index in [2.05, 4.69) is 6.58 Å². The Hall–Kier alpha value is -1.97. The quantitative estimate of drug-likeness (QED) is 0.548. The number of carbonyl (C=O) groups excluding carboxylic acids is 1. The SMILES string of the molecule is C=CCC(c1ccc(Cl)c(Cl)c1)N1C(=O)c2cc(OCC)ccc2C1C. The normalized spacial score (nSPS) is 17.2. The van der Waals surface area contributed by atoms with Crippen LogP contribution in [-0.4, -0.2) is 17.4 Å². The van der Waals surface area contributed by atoms with Crippen LogP contribution >= 0.6 is 23.2 Å². The lowest BCUT2D eigenvalue weighted by molar-refractivity contribution is 0.0643. The Balaban J connectivity index is 2.01. The molecule has 2 aromatic rings. The molecule has 2 unspecified atom stereocenters. The molecule has 26 heavy (non-hydrogen) atoms. The van der Waals surface area contributed by atoms with Crippen LogP contribution in [0.15, 0.2) is 49.1 Å². The molecule has 1 aliphatic rings. The molecule has 0 spiro atoms. The van der Waals surface area contributed by atoms with Gasteiger partial charge in [0.2, 0.25) is 0 Å². The van der Waals surface area contributed by atoms with Gasteiger partial charge in [0, 0.05) is 5.56 Å². The summed E-state index contributed by atoms with van der Waals surface area (Å²) in [7, 11) is 0. The first kappa shape index (κ1) is 18.8. The summed E-state index contributed by atoms with van der Waals surface area (Å²) in [5.74, 6) is 0.704. The summed E-state index contributed by atoms with van der Waals surface area (Å²) in [4.78, 5) is 15.1. The van der Waals surface area contributed by atoms with Crippen molar-refractivity contribution in [3.63, 3.8) is 0 Å². The highest BCUT2D eigenvalue weighted by Crippen LogP contribution is 2.42. The van der Waals surface area contributed by atoms with E-state index in [1.807, 2.05) is 55.2 Å². The molecule has 0 fully saturated rings. The number of rotatable bonds is 6. The van der Waals surface area contributed by atoms with Gasteiger partial charge in [0.15, 0.2) is 0 Å². The zero-order valence-electron chi connectivity index (χ0n) is 14.8. The number of ether oxygens (including phenoxy) is 1. The monoisotopic (exact) mass is 389 g/mol. The Bertz CT molecular complexity index is 850. The van der Waals surface area contributed by atoms with Crippen molar-refractivity contribution >= 4 is 29.1 Å². The smallest absolute Gasteiger partial charge is 0.255 e. The van der Waals surface area contributed by atoms with Crippen molar-refractivity contribution in [1.29, 1.82) is 0 Å². The minimum Gasteiger partial charge on any atom is -0.494 e. The van der Waals surface area contributed by atoms with Crippen LogP contribution in [0.4, 0.5) is 0 Å². The first-order valence-electron chi connectivity index (χ1n) is 8.63. The fourth-order valence-corrected chi connectivity index (χ4v) is 3.81. The second kappa shape index (κ2) is 7.73. The third kappa shape index (κ3) is 3.34. The Morgan fingerprint density at radius 3 is 2.65 bits per heavy atom. The molecule has 0 saturated carbocycles. The molecule has 0 bridgehead atoms. The highest BCUT2D eigenvalue weighted by atomic mass is 35.5. The summed E-state index contributed by atoms with van der Waals surface area (Å²) in [6, 6.07) is 11.0. The van der Waals surface area contributed by atoms with Gasteiger partial charge < -0.3 is 9.64 Å². The Labute approximate surface area is 164 Å². The van der Waals surface area contributed by atoms with E-state index in [9.17, 15) is 4.79 Å². The molecule has 5 heteroatoms. The highest BCUT2D eigenvalue weighted by Gasteiger charge is 2.38. The Morgan fingerprint density at radius 1 is 1.23 bits per heavy atom. The van der Waals surface area contributed by atoms with Crippen LogP contribution in [0.1, 0.15) is 53.8 Å². The van der Waals surface area contributed by atoms with Gasteiger partial charge in [-0.1, -0.05) is 41.4 Å². The summed E-state index contributed by atoms with van der Waals surface area (Å²) in [6.07, 6.45) is 2.45. The molecular formula is C21H21Cl2NO2. The minimum atomic E-state index is -0.160. The minimum absolute atomic E-state index is 0.00743. The van der Waals surface area contributed by atoms with E-state index in [-0.39, 0.29) is 18.0 Å². The van der Waals surface area contributed by atoms with Gasteiger partial charge in [0.25, 0.3) is 5.91 Å². The number of benzene rings is 2. The molecule has 0 radical (unpaired) electrons. The van der Waals surface area contributed by atoms with E-state index in [0.29, 0.717) is 34.4 Å². The summed E-state index contributed by atoms with van der Waals surface area (Å²) >= 11 is 12.3. The van der Waals surface area contributed by atoms with Crippen molar-refractivity contribution in [2.45, 2.75) is 32.4 Å². The van der Waals surface area contributed by atoms with Crippen molar-refractivity contribution in [3.05, 3.63) is 75.8 Å². The molecule has 1 aliphatic heterocycles. The van der Waals surface area contributed by atoms with Crippen molar-refractivity contribution in [2.24, 2.45) is 0 Å². The molecule has 0 aliphatic carbocycles. The maximum atomic E-state index is 13.2. The number of halogens is 2. The van der Waals surface area contributed by atoms with E-state index >= 15 is 0 Å². The predicted molar refractivity (Wildman–Crippen MR) is 106 cm³/mol. The van der Waals surface area contributed by atoms with Gasteiger partial charge in [-0.3, -0.25) is 4.79 Å². The Kier molecular flexibility index (Phi) is 5.59. The maximum absolute atomic E-state index is 13.2. The largest absolute Gasteiger partial charge is 0.494 e. The number of carbonyl (C=O) groups is 1. The second-order valence-corrected chi connectivity index (χ2v) is 7.10. The molecular weight excluding hydrogens is 369 g/mol.